The van der Waals surface area contributed by atoms with Gasteiger partial charge in [0.25, 0.3) is 0 Å². The lowest BCUT2D eigenvalue weighted by atomic mass is 9.95. The Morgan fingerprint density at radius 2 is 1.59 bits per heavy atom. The van der Waals surface area contributed by atoms with Crippen LogP contribution in [0, 0.1) is 0 Å². The van der Waals surface area contributed by atoms with Gasteiger partial charge in [0.2, 0.25) is 0 Å². The smallest absolute Gasteiger partial charge is 0.115 e. The lowest BCUT2D eigenvalue weighted by molar-refractivity contribution is 0.516. The van der Waals surface area contributed by atoms with Gasteiger partial charge in [0.1, 0.15) is 5.82 Å². The van der Waals surface area contributed by atoms with Crippen LogP contribution in [0.4, 0.5) is 0 Å². The Balaban J connectivity index is 2.07. The largest absolute Gasteiger partial charge is 0.326 e. The molecule has 114 valence electrons. The number of imidazole rings is 1. The summed E-state index contributed by atoms with van der Waals surface area (Å²) in [6, 6.07) is 16.9. The number of fused-ring (bicyclic) bond motifs is 1. The van der Waals surface area contributed by atoms with Crippen LogP contribution in [0.2, 0.25) is 0 Å². The molecule has 0 saturated carbocycles. The van der Waals surface area contributed by atoms with E-state index in [1.54, 1.807) is 0 Å². The molecule has 0 unspecified atom stereocenters. The molecule has 2 N–H and O–H groups in total. The van der Waals surface area contributed by atoms with Crippen LogP contribution in [0.1, 0.15) is 37.7 Å². The van der Waals surface area contributed by atoms with Crippen LogP contribution in [0.25, 0.3) is 11.0 Å². The maximum Gasteiger partial charge on any atom is 0.115 e. The number of benzene rings is 2. The maximum atomic E-state index is 5.68. The lowest BCUT2D eigenvalue weighted by Crippen LogP contribution is -2.19. The highest BCUT2D eigenvalue weighted by Crippen LogP contribution is 2.27. The third-order valence-electron chi connectivity index (χ3n) is 3.92. The van der Waals surface area contributed by atoms with Gasteiger partial charge >= 0.3 is 0 Å². The molecule has 3 nitrogen and oxygen atoms in total. The van der Waals surface area contributed by atoms with Gasteiger partial charge in [-0.25, -0.2) is 4.98 Å². The lowest BCUT2D eigenvalue weighted by Gasteiger charge is -2.20. The summed E-state index contributed by atoms with van der Waals surface area (Å²) in [5, 5.41) is 0. The van der Waals surface area contributed by atoms with Gasteiger partial charge in [-0.1, -0.05) is 57.2 Å². The van der Waals surface area contributed by atoms with Crippen LogP contribution >= 0.6 is 0 Å². The van der Waals surface area contributed by atoms with Gasteiger partial charge in [-0.05, 0) is 23.3 Å². The van der Waals surface area contributed by atoms with Crippen molar-refractivity contribution in [3.63, 3.8) is 0 Å². The van der Waals surface area contributed by atoms with Crippen molar-refractivity contribution < 1.29 is 0 Å². The number of hydrogen-bond donors (Lipinski definition) is 1. The topological polar surface area (TPSA) is 43.8 Å². The molecule has 0 bridgehead atoms. The Morgan fingerprint density at radius 1 is 0.955 bits per heavy atom. The quantitative estimate of drug-likeness (QED) is 0.797. The van der Waals surface area contributed by atoms with Crippen molar-refractivity contribution in [3.8, 4) is 0 Å². The van der Waals surface area contributed by atoms with Crippen LogP contribution in [-0.4, -0.2) is 9.55 Å². The van der Waals surface area contributed by atoms with Crippen molar-refractivity contribution in [1.29, 1.82) is 0 Å². The molecule has 3 heteroatoms. The van der Waals surface area contributed by atoms with Gasteiger partial charge in [0.05, 0.1) is 11.0 Å². The summed E-state index contributed by atoms with van der Waals surface area (Å²) in [5.74, 6) is 1.12. The summed E-state index contributed by atoms with van der Waals surface area (Å²) in [7, 11) is 0. The summed E-state index contributed by atoms with van der Waals surface area (Å²) >= 11 is 0. The summed E-state index contributed by atoms with van der Waals surface area (Å²) in [6.07, 6.45) is 0. The minimum Gasteiger partial charge on any atom is -0.326 e. The molecular formula is C19H23N3. The zero-order chi connectivity index (χ0) is 15.7. The highest BCUT2D eigenvalue weighted by atomic mass is 15.1. The predicted octanol–water partition coefficient (Wildman–Crippen LogP) is 3.84. The zero-order valence-electron chi connectivity index (χ0n) is 13.5. The number of para-hydroxylation sites is 2. The van der Waals surface area contributed by atoms with E-state index >= 15 is 0 Å². The fourth-order valence-electron chi connectivity index (χ4n) is 2.77. The van der Waals surface area contributed by atoms with E-state index in [0.717, 1.165) is 23.4 Å². The Labute approximate surface area is 131 Å². The first-order valence-corrected chi connectivity index (χ1v) is 7.72. The first kappa shape index (κ1) is 14.8. The van der Waals surface area contributed by atoms with E-state index in [1.165, 1.54) is 11.1 Å². The van der Waals surface area contributed by atoms with Gasteiger partial charge in [-0.2, -0.15) is 0 Å². The molecule has 2 aromatic carbocycles. The summed E-state index contributed by atoms with van der Waals surface area (Å²) in [4.78, 5) is 4.86. The van der Waals surface area contributed by atoms with Crippen molar-refractivity contribution in [2.24, 2.45) is 5.73 Å². The minimum atomic E-state index is 0.0101. The number of rotatable bonds is 3. The average Bonchev–Trinajstić information content (AvgIpc) is 2.87. The van der Waals surface area contributed by atoms with Crippen molar-refractivity contribution in [3.05, 3.63) is 65.5 Å². The third-order valence-corrected chi connectivity index (χ3v) is 3.92. The number of hydrogen-bond acceptors (Lipinski definition) is 2. The van der Waals surface area contributed by atoms with Crippen LogP contribution < -0.4 is 5.73 Å². The van der Waals surface area contributed by atoms with E-state index in [2.05, 4.69) is 67.8 Å². The van der Waals surface area contributed by atoms with Gasteiger partial charge < -0.3 is 10.3 Å². The second-order valence-electron chi connectivity index (χ2n) is 6.78. The van der Waals surface area contributed by atoms with Crippen molar-refractivity contribution in [2.45, 2.75) is 39.3 Å². The number of aromatic nitrogens is 2. The molecule has 22 heavy (non-hydrogen) atoms. The predicted molar refractivity (Wildman–Crippen MR) is 91.9 cm³/mol. The summed E-state index contributed by atoms with van der Waals surface area (Å²) in [6.45, 7) is 8.05. The molecule has 0 fully saturated rings. The van der Waals surface area contributed by atoms with Gasteiger partial charge in [0.15, 0.2) is 0 Å². The monoisotopic (exact) mass is 293 g/mol. The fraction of sp³-hybridized carbons (Fsp3) is 0.316. The van der Waals surface area contributed by atoms with Crippen LogP contribution in [0.15, 0.2) is 48.5 Å². The molecule has 3 aromatic rings. The number of nitrogens with two attached hydrogens (primary N) is 1. The second-order valence-corrected chi connectivity index (χ2v) is 6.78. The molecule has 0 spiro atoms. The van der Waals surface area contributed by atoms with Gasteiger partial charge in [-0.15, -0.1) is 0 Å². The molecule has 1 aromatic heterocycles. The molecule has 0 amide bonds. The van der Waals surface area contributed by atoms with Gasteiger partial charge in [-0.3, -0.25) is 0 Å². The Kier molecular flexibility index (Phi) is 3.75. The molecule has 0 saturated heterocycles. The molecule has 0 atom stereocenters. The minimum absolute atomic E-state index is 0.0101. The highest BCUT2D eigenvalue weighted by Gasteiger charge is 2.22. The molecule has 0 aliphatic heterocycles. The third kappa shape index (κ3) is 2.77. The van der Waals surface area contributed by atoms with Crippen molar-refractivity contribution >= 4 is 11.0 Å². The van der Waals surface area contributed by atoms with Crippen LogP contribution in [-0.2, 0) is 18.5 Å². The molecule has 1 heterocycles. The molecule has 0 aliphatic carbocycles. The van der Waals surface area contributed by atoms with Gasteiger partial charge in [0, 0.05) is 18.5 Å². The van der Waals surface area contributed by atoms with E-state index in [-0.39, 0.29) is 5.41 Å². The van der Waals surface area contributed by atoms with E-state index in [0.29, 0.717) is 6.54 Å². The standard InChI is InChI=1S/C19H23N3/c1-19(2,3)18-21-16-6-4-5-7-17(16)22(18)13-15-10-8-14(12-20)9-11-15/h4-11H,12-13,20H2,1-3H3. The first-order chi connectivity index (χ1) is 10.5. The summed E-state index contributed by atoms with van der Waals surface area (Å²) in [5.41, 5.74) is 10.4. The number of nitrogens with zero attached hydrogens (tertiary/aromatic N) is 2. The van der Waals surface area contributed by atoms with Crippen molar-refractivity contribution in [2.75, 3.05) is 0 Å². The molecule has 3 rings (SSSR count). The van der Waals surface area contributed by atoms with Crippen LogP contribution in [0.5, 0.6) is 0 Å². The highest BCUT2D eigenvalue weighted by molar-refractivity contribution is 5.76. The van der Waals surface area contributed by atoms with E-state index < -0.39 is 0 Å². The van der Waals surface area contributed by atoms with Crippen LogP contribution in [0.3, 0.4) is 0 Å². The van der Waals surface area contributed by atoms with E-state index in [4.69, 9.17) is 10.7 Å². The Morgan fingerprint density at radius 3 is 2.23 bits per heavy atom. The van der Waals surface area contributed by atoms with Crippen molar-refractivity contribution in [1.82, 2.24) is 9.55 Å². The zero-order valence-corrected chi connectivity index (χ0v) is 13.5. The summed E-state index contributed by atoms with van der Waals surface area (Å²) < 4.78 is 2.33. The SMILES string of the molecule is CC(C)(C)c1nc2ccccc2n1Cc1ccc(CN)cc1. The molecule has 0 radical (unpaired) electrons. The normalized spacial score (nSPS) is 12.0. The van der Waals surface area contributed by atoms with E-state index in [9.17, 15) is 0 Å². The van der Waals surface area contributed by atoms with E-state index in [1.807, 2.05) is 6.07 Å². The fourth-order valence-corrected chi connectivity index (χ4v) is 2.77. The Bertz CT molecular complexity index is 777. The maximum absolute atomic E-state index is 5.68. The molecular weight excluding hydrogens is 270 g/mol. The molecule has 0 aliphatic rings. The Hall–Kier alpha value is -2.13. The second kappa shape index (κ2) is 5.58. The first-order valence-electron chi connectivity index (χ1n) is 7.72. The average molecular weight is 293 g/mol.